The summed E-state index contributed by atoms with van der Waals surface area (Å²) in [6, 6.07) is 6.79. The highest BCUT2D eigenvalue weighted by atomic mass is 32.2. The Balaban J connectivity index is 1.63. The lowest BCUT2D eigenvalue weighted by Crippen LogP contribution is -2.41. The van der Waals surface area contributed by atoms with Crippen LogP contribution in [0, 0.1) is 12.8 Å². The number of nitrogens with zero attached hydrogens (tertiary/aromatic N) is 2. The maximum Gasteiger partial charge on any atom is 0.157 e. The second-order valence-corrected chi connectivity index (χ2v) is 6.15. The van der Waals surface area contributed by atoms with Gasteiger partial charge in [-0.25, -0.2) is 0 Å². The summed E-state index contributed by atoms with van der Waals surface area (Å²) in [5.74, 6) is 2.10. The Morgan fingerprint density at radius 2 is 2.39 bits per heavy atom. The third kappa shape index (κ3) is 2.69. The van der Waals surface area contributed by atoms with Gasteiger partial charge in [-0.2, -0.15) is 0 Å². The van der Waals surface area contributed by atoms with Gasteiger partial charge in [0.15, 0.2) is 5.17 Å². The number of fused-ring (bicyclic) bond motifs is 1. The molecule has 0 amide bonds. The molecule has 0 aromatic carbocycles. The van der Waals surface area contributed by atoms with Crippen molar-refractivity contribution in [1.29, 1.82) is 0 Å². The summed E-state index contributed by atoms with van der Waals surface area (Å²) < 4.78 is 0. The van der Waals surface area contributed by atoms with Crippen molar-refractivity contribution >= 4 is 16.9 Å². The summed E-state index contributed by atoms with van der Waals surface area (Å²) in [5.41, 5.74) is 2.12. The van der Waals surface area contributed by atoms with E-state index < -0.39 is 0 Å². The molecule has 4 heteroatoms. The zero-order valence-corrected chi connectivity index (χ0v) is 11.5. The van der Waals surface area contributed by atoms with E-state index >= 15 is 0 Å². The number of aliphatic imine (C=N–C) groups is 1. The second-order valence-electron chi connectivity index (χ2n) is 5.14. The number of thioether (sulfide) groups is 1. The van der Waals surface area contributed by atoms with E-state index in [1.54, 1.807) is 0 Å². The highest BCUT2D eigenvalue weighted by Gasteiger charge is 2.31. The molecule has 2 fully saturated rings. The number of pyridine rings is 1. The Labute approximate surface area is 112 Å². The second kappa shape index (κ2) is 5.31. The van der Waals surface area contributed by atoms with E-state index in [-0.39, 0.29) is 0 Å². The summed E-state index contributed by atoms with van der Waals surface area (Å²) in [6.07, 6.45) is 4.07. The van der Waals surface area contributed by atoms with Crippen LogP contribution in [0.15, 0.2) is 23.2 Å². The molecular weight excluding hydrogens is 242 g/mol. The van der Waals surface area contributed by atoms with Crippen molar-refractivity contribution in [2.75, 3.05) is 5.75 Å². The van der Waals surface area contributed by atoms with Crippen LogP contribution in [0.5, 0.6) is 0 Å². The molecule has 1 N–H and O–H groups in total. The molecule has 1 saturated carbocycles. The van der Waals surface area contributed by atoms with Gasteiger partial charge in [0.05, 0.1) is 12.2 Å². The first kappa shape index (κ1) is 12.0. The molecule has 0 radical (unpaired) electrons. The van der Waals surface area contributed by atoms with E-state index in [0.29, 0.717) is 12.6 Å². The number of hydrogen-bond donors (Lipinski definition) is 1. The third-order valence-corrected chi connectivity index (χ3v) is 4.85. The highest BCUT2D eigenvalue weighted by molar-refractivity contribution is 8.13. The molecule has 2 unspecified atom stereocenters. The molecule has 3 nitrogen and oxygen atoms in total. The van der Waals surface area contributed by atoms with Crippen LogP contribution in [0.1, 0.15) is 30.7 Å². The Morgan fingerprint density at radius 1 is 1.44 bits per heavy atom. The monoisotopic (exact) mass is 261 g/mol. The quantitative estimate of drug-likeness (QED) is 0.889. The predicted molar refractivity (Wildman–Crippen MR) is 76.8 cm³/mol. The number of rotatable bonds is 2. The standard InChI is InChI=1S/C14H19N3S/c1-10-4-2-6-12(16-10)8-15-14-17-13-7-3-5-11(13)9-18-14/h2,4,6,11,13H,3,5,7-9H2,1H3,(H,15,17). The Morgan fingerprint density at radius 3 is 3.28 bits per heavy atom. The first-order chi connectivity index (χ1) is 8.81. The maximum absolute atomic E-state index is 4.66. The summed E-state index contributed by atoms with van der Waals surface area (Å²) >= 11 is 1.87. The molecule has 1 aliphatic heterocycles. The minimum atomic E-state index is 0.676. The highest BCUT2D eigenvalue weighted by Crippen LogP contribution is 2.32. The van der Waals surface area contributed by atoms with Crippen LogP contribution < -0.4 is 5.32 Å². The third-order valence-electron chi connectivity index (χ3n) is 3.73. The minimum absolute atomic E-state index is 0.676. The predicted octanol–water partition coefficient (Wildman–Crippen LogP) is 2.75. The van der Waals surface area contributed by atoms with Crippen LogP contribution in [0.2, 0.25) is 0 Å². The maximum atomic E-state index is 4.66. The molecule has 0 spiro atoms. The van der Waals surface area contributed by atoms with Crippen LogP contribution >= 0.6 is 11.8 Å². The topological polar surface area (TPSA) is 37.3 Å². The van der Waals surface area contributed by atoms with Gasteiger partial charge in [0.1, 0.15) is 0 Å². The van der Waals surface area contributed by atoms with Crippen molar-refractivity contribution in [3.8, 4) is 0 Å². The van der Waals surface area contributed by atoms with Crippen LogP contribution in [0.4, 0.5) is 0 Å². The minimum Gasteiger partial charge on any atom is -0.362 e. The zero-order chi connectivity index (χ0) is 12.4. The molecule has 2 atom stereocenters. The number of aromatic nitrogens is 1. The Hall–Kier alpha value is -1.03. The lowest BCUT2D eigenvalue weighted by molar-refractivity contribution is 0.489. The van der Waals surface area contributed by atoms with Crippen molar-refractivity contribution < 1.29 is 0 Å². The number of nitrogens with one attached hydrogen (secondary N) is 1. The van der Waals surface area contributed by atoms with E-state index in [1.807, 2.05) is 36.9 Å². The molecule has 3 rings (SSSR count). The molecule has 2 heterocycles. The van der Waals surface area contributed by atoms with Crippen LogP contribution in [-0.2, 0) is 6.54 Å². The van der Waals surface area contributed by atoms with Crippen molar-refractivity contribution in [1.82, 2.24) is 10.3 Å². The molecule has 96 valence electrons. The van der Waals surface area contributed by atoms with Gasteiger partial charge < -0.3 is 5.32 Å². The molecule has 2 aliphatic rings. The molecule has 0 bridgehead atoms. The fourth-order valence-corrected chi connectivity index (χ4v) is 3.91. The van der Waals surface area contributed by atoms with Crippen molar-refractivity contribution in [2.45, 2.75) is 38.8 Å². The van der Waals surface area contributed by atoms with E-state index in [4.69, 9.17) is 0 Å². The van der Waals surface area contributed by atoms with Gasteiger partial charge in [-0.3, -0.25) is 9.98 Å². The summed E-state index contributed by atoms with van der Waals surface area (Å²) in [7, 11) is 0. The lowest BCUT2D eigenvalue weighted by atomic mass is 10.1. The van der Waals surface area contributed by atoms with E-state index in [2.05, 4.69) is 15.3 Å². The van der Waals surface area contributed by atoms with Crippen LogP contribution in [0.3, 0.4) is 0 Å². The van der Waals surface area contributed by atoms with Gasteiger partial charge in [0.25, 0.3) is 0 Å². The first-order valence-electron chi connectivity index (χ1n) is 6.67. The smallest absolute Gasteiger partial charge is 0.157 e. The SMILES string of the molecule is Cc1cccc(CN=C2NC3CCCC3CS2)n1. The summed E-state index contributed by atoms with van der Waals surface area (Å²) in [6.45, 7) is 2.71. The van der Waals surface area contributed by atoms with Gasteiger partial charge in [0.2, 0.25) is 0 Å². The number of amidine groups is 1. The van der Waals surface area contributed by atoms with Crippen molar-refractivity contribution in [3.05, 3.63) is 29.6 Å². The van der Waals surface area contributed by atoms with Gasteiger partial charge in [-0.05, 0) is 37.8 Å². The fraction of sp³-hybridized carbons (Fsp3) is 0.571. The average molecular weight is 261 g/mol. The molecule has 18 heavy (non-hydrogen) atoms. The van der Waals surface area contributed by atoms with Crippen molar-refractivity contribution in [2.24, 2.45) is 10.9 Å². The van der Waals surface area contributed by atoms with E-state index in [1.165, 1.54) is 25.0 Å². The van der Waals surface area contributed by atoms with Gasteiger partial charge in [0, 0.05) is 17.5 Å². The molecular formula is C14H19N3S. The Kier molecular flexibility index (Phi) is 3.55. The molecule has 1 aromatic heterocycles. The van der Waals surface area contributed by atoms with Gasteiger partial charge in [-0.15, -0.1) is 0 Å². The van der Waals surface area contributed by atoms with Gasteiger partial charge in [-0.1, -0.05) is 24.2 Å². The first-order valence-corrected chi connectivity index (χ1v) is 7.66. The Bertz CT molecular complexity index is 458. The van der Waals surface area contributed by atoms with Crippen LogP contribution in [0.25, 0.3) is 0 Å². The van der Waals surface area contributed by atoms with Crippen LogP contribution in [-0.4, -0.2) is 21.9 Å². The van der Waals surface area contributed by atoms with Gasteiger partial charge >= 0.3 is 0 Å². The molecule has 1 aromatic rings. The van der Waals surface area contributed by atoms with Crippen molar-refractivity contribution in [3.63, 3.8) is 0 Å². The largest absolute Gasteiger partial charge is 0.362 e. The molecule has 1 aliphatic carbocycles. The summed E-state index contributed by atoms with van der Waals surface area (Å²) in [5, 5.41) is 4.70. The average Bonchev–Trinajstić information content (AvgIpc) is 2.84. The van der Waals surface area contributed by atoms with E-state index in [0.717, 1.165) is 22.5 Å². The van der Waals surface area contributed by atoms with E-state index in [9.17, 15) is 0 Å². The summed E-state index contributed by atoms with van der Waals surface area (Å²) in [4.78, 5) is 9.14. The fourth-order valence-electron chi connectivity index (χ4n) is 2.74. The number of hydrogen-bond acceptors (Lipinski definition) is 3. The normalized spacial score (nSPS) is 29.1. The lowest BCUT2D eigenvalue weighted by Gasteiger charge is -2.28. The zero-order valence-electron chi connectivity index (χ0n) is 10.7. The molecule has 1 saturated heterocycles. The number of aryl methyl sites for hydroxylation is 1.